The van der Waals surface area contributed by atoms with Crippen LogP contribution < -0.4 is 0 Å². The summed E-state index contributed by atoms with van der Waals surface area (Å²) in [6, 6.07) is 0.457. The van der Waals surface area contributed by atoms with E-state index in [2.05, 4.69) is 13.8 Å². The predicted octanol–water partition coefficient (Wildman–Crippen LogP) is 2.43. The van der Waals surface area contributed by atoms with Gasteiger partial charge in [0.15, 0.2) is 0 Å². The monoisotopic (exact) mass is 350 g/mol. The largest absolute Gasteiger partial charge is 0.334 e. The highest BCUT2D eigenvalue weighted by Crippen LogP contribution is 2.70. The number of rotatable bonds is 0. The summed E-state index contributed by atoms with van der Waals surface area (Å²) in [5.41, 5.74) is -0.163. The van der Waals surface area contributed by atoms with Gasteiger partial charge in [0.2, 0.25) is 10.0 Å². The highest BCUT2D eigenvalue weighted by molar-refractivity contribution is 7.90. The number of nitrogens with zero attached hydrogens (tertiary/aromatic N) is 2. The van der Waals surface area contributed by atoms with Crippen molar-refractivity contribution in [2.45, 2.75) is 70.5 Å². The topological polar surface area (TPSA) is 57.5 Å². The molecule has 4 aliphatic carbocycles. The molecule has 7 atom stereocenters. The fraction of sp³-hybridized carbons (Fsp3) is 0.944. The number of fused-ring (bicyclic) bond motifs is 6. The van der Waals surface area contributed by atoms with Gasteiger partial charge in [-0.3, -0.25) is 0 Å². The second-order valence-corrected chi connectivity index (χ2v) is 11.8. The number of carbonyl (C=O) groups is 1. The van der Waals surface area contributed by atoms with Crippen LogP contribution in [0.4, 0.5) is 4.79 Å². The highest BCUT2D eigenvalue weighted by Gasteiger charge is 2.74. The molecule has 132 valence electrons. The van der Waals surface area contributed by atoms with Crippen molar-refractivity contribution < 1.29 is 13.2 Å². The van der Waals surface area contributed by atoms with Crippen molar-refractivity contribution in [3.8, 4) is 0 Å². The average Bonchev–Trinajstić information content (AvgIpc) is 2.78. The minimum atomic E-state index is -3.47. The summed E-state index contributed by atoms with van der Waals surface area (Å²) in [6.45, 7) is 4.47. The lowest BCUT2D eigenvalue weighted by atomic mass is 9.69. The first-order chi connectivity index (χ1) is 11.3. The molecule has 24 heavy (non-hydrogen) atoms. The summed E-state index contributed by atoms with van der Waals surface area (Å²) in [6.07, 6.45) is 6.69. The summed E-state index contributed by atoms with van der Waals surface area (Å²) < 4.78 is 27.4. The van der Waals surface area contributed by atoms with Crippen molar-refractivity contribution in [2.24, 2.45) is 28.6 Å². The molecule has 5 nitrogen and oxygen atoms in total. The van der Waals surface area contributed by atoms with Gasteiger partial charge >= 0.3 is 6.03 Å². The van der Waals surface area contributed by atoms with Crippen LogP contribution in [0.25, 0.3) is 0 Å². The van der Waals surface area contributed by atoms with E-state index >= 15 is 0 Å². The van der Waals surface area contributed by atoms with Gasteiger partial charge in [-0.1, -0.05) is 13.8 Å². The molecular weight excluding hydrogens is 324 g/mol. The third-order valence-corrected chi connectivity index (χ3v) is 11.1. The Morgan fingerprint density at radius 1 is 1.04 bits per heavy atom. The molecule has 0 aromatic heterocycles. The van der Waals surface area contributed by atoms with Gasteiger partial charge in [-0.05, 0) is 61.7 Å². The van der Waals surface area contributed by atoms with Gasteiger partial charge in [0.25, 0.3) is 0 Å². The zero-order valence-electron chi connectivity index (χ0n) is 14.4. The number of hydrogen-bond acceptors (Lipinski definition) is 3. The lowest BCUT2D eigenvalue weighted by Crippen LogP contribution is -2.46. The molecule has 0 unspecified atom stereocenters. The van der Waals surface area contributed by atoms with Crippen LogP contribution in [0, 0.1) is 28.6 Å². The molecule has 0 N–H and O–H groups in total. The fourth-order valence-corrected chi connectivity index (χ4v) is 10.4. The van der Waals surface area contributed by atoms with E-state index in [-0.39, 0.29) is 28.7 Å². The Kier molecular flexibility index (Phi) is 2.29. The molecule has 0 aromatic rings. The molecule has 4 saturated carbocycles. The summed E-state index contributed by atoms with van der Waals surface area (Å²) in [7, 11) is -3.47. The van der Waals surface area contributed by atoms with Crippen LogP contribution in [0.2, 0.25) is 0 Å². The lowest BCUT2D eigenvalue weighted by molar-refractivity contribution is 0.113. The van der Waals surface area contributed by atoms with Gasteiger partial charge in [0.1, 0.15) is 0 Å². The molecule has 0 aromatic carbocycles. The van der Waals surface area contributed by atoms with E-state index in [0.29, 0.717) is 29.8 Å². The van der Waals surface area contributed by atoms with E-state index in [0.717, 1.165) is 19.3 Å². The normalized spacial score (nSPS) is 54.2. The van der Waals surface area contributed by atoms with Crippen LogP contribution in [0.15, 0.2) is 0 Å². The van der Waals surface area contributed by atoms with E-state index in [4.69, 9.17) is 0 Å². The summed E-state index contributed by atoms with van der Waals surface area (Å²) in [5, 5.41) is 0. The van der Waals surface area contributed by atoms with E-state index in [1.54, 1.807) is 0 Å². The van der Waals surface area contributed by atoms with E-state index in [1.807, 2.05) is 4.90 Å². The SMILES string of the molecule is CC1(C)[C@@H]2CC[C@]13CS(=O)(=O)N(C(=O)N1[C@@H]4[C@H]5CC[C@H](C5)[C@@H]41)[C@@H]3C2. The van der Waals surface area contributed by atoms with Crippen LogP contribution >= 0.6 is 0 Å². The molecule has 6 fully saturated rings. The summed E-state index contributed by atoms with van der Waals surface area (Å²) in [5.74, 6) is 2.04. The average molecular weight is 350 g/mol. The van der Waals surface area contributed by atoms with E-state index in [9.17, 15) is 13.2 Å². The molecule has 0 radical (unpaired) electrons. The molecule has 2 saturated heterocycles. The Labute approximate surface area is 143 Å². The Hall–Kier alpha value is -0.780. The molecule has 6 aliphatic rings. The van der Waals surface area contributed by atoms with Crippen molar-refractivity contribution in [3.63, 3.8) is 0 Å². The Morgan fingerprint density at radius 3 is 2.33 bits per heavy atom. The van der Waals surface area contributed by atoms with Crippen molar-refractivity contribution in [1.82, 2.24) is 9.21 Å². The van der Waals surface area contributed by atoms with Gasteiger partial charge in [0.05, 0.1) is 23.9 Å². The Balaban J connectivity index is 1.37. The molecule has 2 heterocycles. The first-order valence-electron chi connectivity index (χ1n) is 9.62. The third-order valence-electron chi connectivity index (χ3n) is 9.20. The molecule has 6 rings (SSSR count). The summed E-state index contributed by atoms with van der Waals surface area (Å²) >= 11 is 0. The smallest absolute Gasteiger partial charge is 0.313 e. The molecule has 4 bridgehead atoms. The van der Waals surface area contributed by atoms with Crippen LogP contribution in [-0.2, 0) is 10.0 Å². The van der Waals surface area contributed by atoms with Crippen molar-refractivity contribution in [1.29, 1.82) is 0 Å². The predicted molar refractivity (Wildman–Crippen MR) is 88.6 cm³/mol. The minimum Gasteiger partial charge on any atom is -0.313 e. The van der Waals surface area contributed by atoms with Crippen molar-refractivity contribution in [2.75, 3.05) is 5.75 Å². The second kappa shape index (κ2) is 3.81. The maximum atomic E-state index is 13.3. The number of hydrogen-bond donors (Lipinski definition) is 0. The van der Waals surface area contributed by atoms with Crippen LogP contribution in [0.1, 0.15) is 52.4 Å². The van der Waals surface area contributed by atoms with Crippen molar-refractivity contribution in [3.05, 3.63) is 0 Å². The molecule has 6 heteroatoms. The number of carbonyl (C=O) groups excluding carboxylic acids is 1. The zero-order chi connectivity index (χ0) is 16.6. The van der Waals surface area contributed by atoms with Crippen molar-refractivity contribution >= 4 is 16.1 Å². The fourth-order valence-electron chi connectivity index (χ4n) is 7.86. The summed E-state index contributed by atoms with van der Waals surface area (Å²) in [4.78, 5) is 15.2. The van der Waals surface area contributed by atoms with Crippen LogP contribution in [0.3, 0.4) is 0 Å². The number of urea groups is 1. The Bertz CT molecular complexity index is 746. The zero-order valence-corrected chi connectivity index (χ0v) is 15.3. The second-order valence-electron chi connectivity index (χ2n) is 9.92. The quantitative estimate of drug-likeness (QED) is 0.631. The number of likely N-dealkylation sites (tertiary alicyclic amines) is 1. The van der Waals surface area contributed by atoms with Gasteiger partial charge < -0.3 is 4.90 Å². The van der Waals surface area contributed by atoms with Gasteiger partial charge in [0, 0.05) is 5.41 Å². The van der Waals surface area contributed by atoms with Gasteiger partial charge in [-0.15, -0.1) is 0 Å². The number of amides is 2. The maximum absolute atomic E-state index is 13.3. The molecule has 2 amide bonds. The van der Waals surface area contributed by atoms with Crippen LogP contribution in [-0.4, -0.2) is 47.5 Å². The standard InChI is InChI=1S/C18H26N2O3S/c1-17(2)12-5-6-18(17)9-24(22,23)20(13(18)8-12)16(21)19-14-10-3-4-11(7-10)15(14)19/h10-15H,3-9H2,1-2H3/t10-,11+,12-,13-,14+,15-,18-,19?/m1/s1. The third kappa shape index (κ3) is 1.32. The maximum Gasteiger partial charge on any atom is 0.334 e. The van der Waals surface area contributed by atoms with Crippen LogP contribution in [0.5, 0.6) is 0 Å². The van der Waals surface area contributed by atoms with E-state index < -0.39 is 10.0 Å². The number of sulfonamides is 1. The first kappa shape index (κ1) is 14.4. The number of piperidine rings is 1. The molecular formula is C18H26N2O3S. The minimum absolute atomic E-state index is 0.0353. The highest BCUT2D eigenvalue weighted by atomic mass is 32.2. The molecule has 2 aliphatic heterocycles. The van der Waals surface area contributed by atoms with E-state index in [1.165, 1.54) is 23.6 Å². The van der Waals surface area contributed by atoms with Gasteiger partial charge in [-0.2, -0.15) is 0 Å². The van der Waals surface area contributed by atoms with Gasteiger partial charge in [-0.25, -0.2) is 17.5 Å². The molecule has 1 spiro atoms. The Morgan fingerprint density at radius 2 is 1.71 bits per heavy atom. The lowest BCUT2D eigenvalue weighted by Gasteiger charge is -2.37. The first-order valence-corrected chi connectivity index (χ1v) is 11.2.